The molecule has 1 aliphatic heterocycles. The van der Waals surface area contributed by atoms with Gasteiger partial charge in [-0.1, -0.05) is 48.5 Å². The summed E-state index contributed by atoms with van der Waals surface area (Å²) in [6.45, 7) is 9.01. The van der Waals surface area contributed by atoms with E-state index in [1.54, 1.807) is 19.9 Å². The van der Waals surface area contributed by atoms with Crippen molar-refractivity contribution in [2.45, 2.75) is 58.7 Å². The van der Waals surface area contributed by atoms with E-state index in [0.717, 1.165) is 11.1 Å². The molecule has 1 aliphatic rings. The lowest BCUT2D eigenvalue weighted by atomic mass is 9.80. The van der Waals surface area contributed by atoms with Crippen LogP contribution in [0.1, 0.15) is 49.3 Å². The highest BCUT2D eigenvalue weighted by Gasteiger charge is 2.38. The molecule has 0 amide bonds. The maximum absolute atomic E-state index is 13.7. The van der Waals surface area contributed by atoms with Gasteiger partial charge in [0.25, 0.3) is 5.69 Å². The lowest BCUT2D eigenvalue weighted by Crippen LogP contribution is -2.34. The highest BCUT2D eigenvalue weighted by molar-refractivity contribution is 6.00. The molecule has 1 heterocycles. The van der Waals surface area contributed by atoms with Crippen LogP contribution in [-0.4, -0.2) is 91.9 Å². The van der Waals surface area contributed by atoms with Gasteiger partial charge in [0.2, 0.25) is 0 Å². The van der Waals surface area contributed by atoms with Crippen LogP contribution in [0.25, 0.3) is 0 Å². The second-order valence-corrected chi connectivity index (χ2v) is 13.3. The van der Waals surface area contributed by atoms with Crippen LogP contribution in [0.2, 0.25) is 0 Å². The molecule has 0 saturated carbocycles. The smallest absolute Gasteiger partial charge is 0.336 e. The number of para-hydroxylation sites is 2. The van der Waals surface area contributed by atoms with Crippen molar-refractivity contribution < 1.29 is 43.7 Å². The molecule has 0 saturated heterocycles. The van der Waals surface area contributed by atoms with Crippen LogP contribution in [0.3, 0.4) is 0 Å². The molecular weight excluding hydrogens is 744 g/mol. The third kappa shape index (κ3) is 13.6. The lowest BCUT2D eigenvalue weighted by molar-refractivity contribution is -0.384. The lowest BCUT2D eigenvalue weighted by Gasteiger charge is -2.30. The van der Waals surface area contributed by atoms with Crippen LogP contribution in [-0.2, 0) is 19.1 Å². The Morgan fingerprint density at radius 1 is 0.750 bits per heavy atom. The number of non-ortho nitro benzene ring substituents is 1. The van der Waals surface area contributed by atoms with E-state index in [4.69, 9.17) is 18.9 Å². The third-order valence-corrected chi connectivity index (χ3v) is 8.89. The molecule has 3 aromatic carbocycles. The highest BCUT2D eigenvalue weighted by Crippen LogP contribution is 2.40. The molecule has 2 unspecified atom stereocenters. The molecule has 0 radical (unpaired) electrons. The number of benzene rings is 3. The SMILES string of the molecule is CC1=C(C(=O)OCCCNCC(O)COc2ccccc2C)C(c2cccc([N+](=O)[O-])c2)C(C(=O)OCCCNCC(O)COc2ccccc2C)=C(C)N1.Cl. The quantitative estimate of drug-likeness (QED) is 0.0404. The van der Waals surface area contributed by atoms with Gasteiger partial charge in [-0.2, -0.15) is 0 Å². The molecule has 15 heteroatoms. The molecule has 4 rings (SSSR count). The number of hydrogen-bond donors (Lipinski definition) is 5. The Hall–Kier alpha value is -4.99. The molecule has 0 fully saturated rings. The molecule has 2 atom stereocenters. The number of carbonyl (C=O) groups is 2. The summed E-state index contributed by atoms with van der Waals surface area (Å²) in [5.41, 5.74) is 3.28. The van der Waals surface area contributed by atoms with Crippen molar-refractivity contribution in [3.8, 4) is 11.5 Å². The minimum absolute atomic E-state index is 0. The van der Waals surface area contributed by atoms with Crippen LogP contribution < -0.4 is 25.4 Å². The average Bonchev–Trinajstić information content (AvgIpc) is 3.16. The van der Waals surface area contributed by atoms with Crippen LogP contribution >= 0.6 is 12.4 Å². The van der Waals surface area contributed by atoms with E-state index < -0.39 is 35.0 Å². The van der Waals surface area contributed by atoms with Crippen molar-refractivity contribution in [3.63, 3.8) is 0 Å². The Balaban J connectivity index is 0.00000841. The zero-order valence-corrected chi connectivity index (χ0v) is 33.1. The van der Waals surface area contributed by atoms with Crippen molar-refractivity contribution in [3.05, 3.63) is 122 Å². The minimum atomic E-state index is -0.996. The maximum Gasteiger partial charge on any atom is 0.336 e. The standard InChI is InChI=1S/C41H52N4O10.ClH/c1-27-12-5-7-16-35(27)54-25-33(46)23-42-18-10-20-52-40(48)37-29(3)44-30(4)38(39(37)31-14-9-15-32(22-31)45(50)51)41(49)53-21-11-19-43-24-34(47)26-55-36-17-8-6-13-28(36)2;/h5-9,12-17,22,33-34,39,42-44,46-47H,10-11,18-21,23-26H2,1-4H3;1H. The van der Waals surface area contributed by atoms with Crippen LogP contribution in [0, 0.1) is 24.0 Å². The van der Waals surface area contributed by atoms with E-state index in [1.165, 1.54) is 18.2 Å². The summed E-state index contributed by atoms with van der Waals surface area (Å²) >= 11 is 0. The van der Waals surface area contributed by atoms with Gasteiger partial charge in [0.1, 0.15) is 36.9 Å². The molecule has 14 nitrogen and oxygen atoms in total. The predicted octanol–water partition coefficient (Wildman–Crippen LogP) is 4.79. The van der Waals surface area contributed by atoms with E-state index in [-0.39, 0.29) is 68.8 Å². The van der Waals surface area contributed by atoms with Crippen LogP contribution in [0.4, 0.5) is 5.69 Å². The Labute approximate surface area is 333 Å². The number of nitrogens with one attached hydrogen (secondary N) is 3. The fraction of sp³-hybridized carbons (Fsp3) is 0.415. The summed E-state index contributed by atoms with van der Waals surface area (Å²) < 4.78 is 22.7. The van der Waals surface area contributed by atoms with Gasteiger partial charge in [-0.25, -0.2) is 9.59 Å². The van der Waals surface area contributed by atoms with Crippen LogP contribution in [0.5, 0.6) is 11.5 Å². The van der Waals surface area contributed by atoms with Crippen molar-refractivity contribution in [1.82, 2.24) is 16.0 Å². The number of nitrogens with zero attached hydrogens (tertiary/aromatic N) is 1. The number of rotatable bonds is 22. The zero-order chi connectivity index (χ0) is 39.7. The molecule has 3 aromatic rings. The number of carbonyl (C=O) groups excluding carboxylic acids is 2. The maximum atomic E-state index is 13.7. The summed E-state index contributed by atoms with van der Waals surface area (Å²) in [5, 5.41) is 41.7. The van der Waals surface area contributed by atoms with E-state index >= 15 is 0 Å². The number of ether oxygens (including phenoxy) is 4. The molecule has 5 N–H and O–H groups in total. The number of aliphatic hydroxyl groups excluding tert-OH is 2. The third-order valence-electron chi connectivity index (χ3n) is 8.89. The normalized spacial score (nSPS) is 14.9. The van der Waals surface area contributed by atoms with Crippen molar-refractivity contribution in [2.75, 3.05) is 52.6 Å². The molecular formula is C41H53ClN4O10. The minimum Gasteiger partial charge on any atom is -0.491 e. The Morgan fingerprint density at radius 2 is 1.21 bits per heavy atom. The van der Waals surface area contributed by atoms with Gasteiger partial charge in [0.05, 0.1) is 35.2 Å². The van der Waals surface area contributed by atoms with Crippen molar-refractivity contribution >= 4 is 30.0 Å². The number of allylic oxidation sites excluding steroid dienone is 2. The first-order valence-electron chi connectivity index (χ1n) is 18.4. The van der Waals surface area contributed by atoms with Gasteiger partial charge in [0, 0.05) is 36.6 Å². The van der Waals surface area contributed by atoms with E-state index in [1.807, 2.05) is 62.4 Å². The first kappa shape index (κ1) is 45.4. The Morgan fingerprint density at radius 3 is 1.66 bits per heavy atom. The number of nitro benzene ring substituents is 1. The fourth-order valence-electron chi connectivity index (χ4n) is 6.03. The van der Waals surface area contributed by atoms with Gasteiger partial charge in [-0.15, -0.1) is 12.4 Å². The second kappa shape index (κ2) is 23.2. The number of nitro groups is 1. The molecule has 56 heavy (non-hydrogen) atoms. The number of aliphatic hydroxyl groups is 2. The summed E-state index contributed by atoms with van der Waals surface area (Å²) in [6, 6.07) is 20.9. The Kier molecular flexibility index (Phi) is 18.8. The van der Waals surface area contributed by atoms with Crippen LogP contribution in [0.15, 0.2) is 95.3 Å². The van der Waals surface area contributed by atoms with Gasteiger partial charge >= 0.3 is 11.9 Å². The largest absolute Gasteiger partial charge is 0.491 e. The Bertz CT molecular complexity index is 1730. The number of hydrogen-bond acceptors (Lipinski definition) is 13. The molecule has 0 aromatic heterocycles. The number of esters is 2. The summed E-state index contributed by atoms with van der Waals surface area (Å²) in [5.74, 6) is -0.938. The number of halogens is 1. The first-order valence-corrected chi connectivity index (χ1v) is 18.4. The summed E-state index contributed by atoms with van der Waals surface area (Å²) in [7, 11) is 0. The van der Waals surface area contributed by atoms with E-state index in [0.29, 0.717) is 54.4 Å². The zero-order valence-electron chi connectivity index (χ0n) is 32.2. The molecule has 304 valence electrons. The van der Waals surface area contributed by atoms with Crippen molar-refractivity contribution in [1.29, 1.82) is 0 Å². The molecule has 0 spiro atoms. The number of aryl methyl sites for hydroxylation is 2. The monoisotopic (exact) mass is 796 g/mol. The predicted molar refractivity (Wildman–Crippen MR) is 214 cm³/mol. The topological polar surface area (TPSA) is 191 Å². The molecule has 0 bridgehead atoms. The number of dihydropyridines is 1. The van der Waals surface area contributed by atoms with Gasteiger partial charge in [-0.3, -0.25) is 10.1 Å². The second-order valence-electron chi connectivity index (χ2n) is 13.3. The molecule has 0 aliphatic carbocycles. The summed E-state index contributed by atoms with van der Waals surface area (Å²) in [6.07, 6.45) is -0.614. The first-order chi connectivity index (χ1) is 26.5. The van der Waals surface area contributed by atoms with Gasteiger partial charge < -0.3 is 45.1 Å². The fourth-order valence-corrected chi connectivity index (χ4v) is 6.03. The average molecular weight is 797 g/mol. The van der Waals surface area contributed by atoms with Gasteiger partial charge in [0.15, 0.2) is 0 Å². The van der Waals surface area contributed by atoms with Crippen molar-refractivity contribution in [2.24, 2.45) is 0 Å². The highest BCUT2D eigenvalue weighted by atomic mass is 35.5. The van der Waals surface area contributed by atoms with E-state index in [2.05, 4.69) is 16.0 Å². The summed E-state index contributed by atoms with van der Waals surface area (Å²) in [4.78, 5) is 38.5. The van der Waals surface area contributed by atoms with E-state index in [9.17, 15) is 29.9 Å². The van der Waals surface area contributed by atoms with Gasteiger partial charge in [-0.05, 0) is 82.4 Å².